The molecule has 1 aromatic heterocycles. The predicted octanol–water partition coefficient (Wildman–Crippen LogP) is 2.32. The highest BCUT2D eigenvalue weighted by atomic mass is 16.2. The van der Waals surface area contributed by atoms with E-state index in [4.69, 9.17) is 5.11 Å². The highest BCUT2D eigenvalue weighted by Gasteiger charge is 2.21. The Balaban J connectivity index is 3.08. The Morgan fingerprint density at radius 1 is 1.38 bits per heavy atom. The maximum absolute atomic E-state index is 12.8. The molecule has 1 aromatic rings. The number of nitrogens with zero attached hydrogens (tertiary/aromatic N) is 2. The Morgan fingerprint density at radius 2 is 2.10 bits per heavy atom. The summed E-state index contributed by atoms with van der Waals surface area (Å²) in [6.07, 6.45) is 3.60. The third kappa shape index (κ3) is 5.20. The molecule has 0 aliphatic carbocycles. The van der Waals surface area contributed by atoms with Crippen LogP contribution in [0, 0.1) is 17.8 Å². The molecule has 0 aliphatic rings. The zero-order chi connectivity index (χ0) is 15.8. The van der Waals surface area contributed by atoms with Gasteiger partial charge in [0.15, 0.2) is 0 Å². The first-order valence-electron chi connectivity index (χ1n) is 7.32. The van der Waals surface area contributed by atoms with E-state index in [2.05, 4.69) is 30.7 Å². The molecule has 0 saturated heterocycles. The lowest BCUT2D eigenvalue weighted by atomic mass is 10.1. The van der Waals surface area contributed by atoms with Crippen LogP contribution in [0.15, 0.2) is 18.5 Å². The Bertz CT molecular complexity index is 527. The molecule has 1 N–H and O–H groups in total. The Hall–Kier alpha value is -1.86. The van der Waals surface area contributed by atoms with Crippen LogP contribution >= 0.6 is 0 Å². The van der Waals surface area contributed by atoms with Crippen LogP contribution in [0.2, 0.25) is 0 Å². The van der Waals surface area contributed by atoms with Crippen molar-refractivity contribution < 1.29 is 9.90 Å². The average molecular weight is 288 g/mol. The van der Waals surface area contributed by atoms with Gasteiger partial charge in [-0.1, -0.05) is 25.7 Å². The molecule has 0 spiro atoms. The summed E-state index contributed by atoms with van der Waals surface area (Å²) in [5, 5.41) is 8.79. The standard InChI is InChI=1S/C17H24N2O2/c1-13(2)12-19(14(3)4)17(21)16-8-9-18-11-15(16)7-5-6-10-20/h8-9,11,13-14,20H,6,10,12H2,1-4H3. The largest absolute Gasteiger partial charge is 0.395 e. The van der Waals surface area contributed by atoms with Crippen molar-refractivity contribution >= 4 is 5.91 Å². The molecule has 0 atom stereocenters. The first-order valence-corrected chi connectivity index (χ1v) is 7.32. The minimum atomic E-state index is -0.0191. The molecule has 4 heteroatoms. The normalized spacial score (nSPS) is 10.4. The summed E-state index contributed by atoms with van der Waals surface area (Å²) in [5.41, 5.74) is 1.19. The van der Waals surface area contributed by atoms with Crippen LogP contribution in [0.3, 0.4) is 0 Å². The van der Waals surface area contributed by atoms with Gasteiger partial charge in [-0.2, -0.15) is 0 Å². The molecule has 114 valence electrons. The smallest absolute Gasteiger partial charge is 0.255 e. The average Bonchev–Trinajstić information content (AvgIpc) is 2.44. The van der Waals surface area contributed by atoms with Gasteiger partial charge in [-0.25, -0.2) is 0 Å². The van der Waals surface area contributed by atoms with E-state index in [1.54, 1.807) is 18.5 Å². The van der Waals surface area contributed by atoms with E-state index in [-0.39, 0.29) is 18.6 Å². The minimum Gasteiger partial charge on any atom is -0.395 e. The van der Waals surface area contributed by atoms with E-state index < -0.39 is 0 Å². The third-order valence-electron chi connectivity index (χ3n) is 2.96. The second-order valence-electron chi connectivity index (χ2n) is 5.64. The molecule has 0 bridgehead atoms. The number of hydrogen-bond donors (Lipinski definition) is 1. The molecule has 4 nitrogen and oxygen atoms in total. The fraction of sp³-hybridized carbons (Fsp3) is 0.529. The van der Waals surface area contributed by atoms with Gasteiger partial charge in [0.05, 0.1) is 17.7 Å². The van der Waals surface area contributed by atoms with Gasteiger partial charge in [-0.15, -0.1) is 0 Å². The fourth-order valence-electron chi connectivity index (χ4n) is 1.97. The predicted molar refractivity (Wildman–Crippen MR) is 83.8 cm³/mol. The molecular weight excluding hydrogens is 264 g/mol. The number of aliphatic hydroxyl groups excluding tert-OH is 1. The Kier molecular flexibility index (Phi) is 6.90. The number of carbonyl (C=O) groups is 1. The number of hydrogen-bond acceptors (Lipinski definition) is 3. The molecule has 0 unspecified atom stereocenters. The van der Waals surface area contributed by atoms with Crippen molar-refractivity contribution in [3.8, 4) is 11.8 Å². The minimum absolute atomic E-state index is 0.0159. The van der Waals surface area contributed by atoms with Gasteiger partial charge in [0.1, 0.15) is 0 Å². The summed E-state index contributed by atoms with van der Waals surface area (Å²) in [5.74, 6) is 6.15. The van der Waals surface area contributed by atoms with Crippen molar-refractivity contribution in [3.63, 3.8) is 0 Å². The number of pyridine rings is 1. The van der Waals surface area contributed by atoms with Gasteiger partial charge in [-0.3, -0.25) is 9.78 Å². The van der Waals surface area contributed by atoms with Gasteiger partial charge in [0.2, 0.25) is 0 Å². The van der Waals surface area contributed by atoms with Gasteiger partial charge >= 0.3 is 0 Å². The number of carbonyl (C=O) groups excluding carboxylic acids is 1. The summed E-state index contributed by atoms with van der Waals surface area (Å²) in [6.45, 7) is 8.94. The molecular formula is C17H24N2O2. The molecule has 0 aliphatic heterocycles. The van der Waals surface area contributed by atoms with Crippen LogP contribution in [0.25, 0.3) is 0 Å². The number of amides is 1. The van der Waals surface area contributed by atoms with Gasteiger partial charge in [0.25, 0.3) is 5.91 Å². The molecule has 0 fully saturated rings. The van der Waals surface area contributed by atoms with Crippen molar-refractivity contribution in [3.05, 3.63) is 29.6 Å². The third-order valence-corrected chi connectivity index (χ3v) is 2.96. The lowest BCUT2D eigenvalue weighted by Crippen LogP contribution is -2.39. The summed E-state index contributed by atoms with van der Waals surface area (Å²) < 4.78 is 0. The lowest BCUT2D eigenvalue weighted by Gasteiger charge is -2.28. The summed E-state index contributed by atoms with van der Waals surface area (Å²) in [4.78, 5) is 18.7. The summed E-state index contributed by atoms with van der Waals surface area (Å²) in [7, 11) is 0. The molecule has 0 aromatic carbocycles. The SMILES string of the molecule is CC(C)CN(C(=O)c1ccncc1C#CCCO)C(C)C. The van der Waals surface area contributed by atoms with Crippen LogP contribution < -0.4 is 0 Å². The molecule has 1 rings (SSSR count). The molecule has 0 saturated carbocycles. The van der Waals surface area contributed by atoms with Crippen molar-refractivity contribution in [2.45, 2.75) is 40.2 Å². The second-order valence-corrected chi connectivity index (χ2v) is 5.64. The first-order chi connectivity index (χ1) is 9.97. The monoisotopic (exact) mass is 288 g/mol. The van der Waals surface area contributed by atoms with Crippen molar-refractivity contribution in [1.29, 1.82) is 0 Å². The van der Waals surface area contributed by atoms with E-state index in [0.29, 0.717) is 30.0 Å². The van der Waals surface area contributed by atoms with Crippen LogP contribution in [0.1, 0.15) is 50.0 Å². The van der Waals surface area contributed by atoms with Gasteiger partial charge in [-0.05, 0) is 25.8 Å². The fourth-order valence-corrected chi connectivity index (χ4v) is 1.97. The van der Waals surface area contributed by atoms with E-state index in [1.807, 2.05) is 18.7 Å². The van der Waals surface area contributed by atoms with E-state index >= 15 is 0 Å². The number of aliphatic hydroxyl groups is 1. The van der Waals surface area contributed by atoms with Crippen LogP contribution in [-0.4, -0.2) is 40.1 Å². The maximum atomic E-state index is 12.8. The zero-order valence-electron chi connectivity index (χ0n) is 13.3. The number of rotatable bonds is 5. The Labute approximate surface area is 127 Å². The quantitative estimate of drug-likeness (QED) is 0.846. The Morgan fingerprint density at radius 3 is 2.67 bits per heavy atom. The van der Waals surface area contributed by atoms with Crippen LogP contribution in [-0.2, 0) is 0 Å². The van der Waals surface area contributed by atoms with Gasteiger partial charge < -0.3 is 10.0 Å². The molecule has 1 amide bonds. The lowest BCUT2D eigenvalue weighted by molar-refractivity contribution is 0.0681. The first kappa shape index (κ1) is 17.2. The summed E-state index contributed by atoms with van der Waals surface area (Å²) in [6, 6.07) is 1.84. The maximum Gasteiger partial charge on any atom is 0.255 e. The second kappa shape index (κ2) is 8.43. The van der Waals surface area contributed by atoms with Crippen molar-refractivity contribution in [2.24, 2.45) is 5.92 Å². The number of aromatic nitrogens is 1. The van der Waals surface area contributed by atoms with E-state index in [1.165, 1.54) is 0 Å². The molecule has 1 heterocycles. The molecule has 0 radical (unpaired) electrons. The molecule has 21 heavy (non-hydrogen) atoms. The highest BCUT2D eigenvalue weighted by molar-refractivity contribution is 5.96. The van der Waals surface area contributed by atoms with Crippen LogP contribution in [0.5, 0.6) is 0 Å². The summed E-state index contributed by atoms with van der Waals surface area (Å²) >= 11 is 0. The van der Waals surface area contributed by atoms with Gasteiger partial charge in [0, 0.05) is 31.4 Å². The van der Waals surface area contributed by atoms with Crippen molar-refractivity contribution in [2.75, 3.05) is 13.2 Å². The zero-order valence-corrected chi connectivity index (χ0v) is 13.3. The van der Waals surface area contributed by atoms with E-state index in [9.17, 15) is 4.79 Å². The highest BCUT2D eigenvalue weighted by Crippen LogP contribution is 2.14. The topological polar surface area (TPSA) is 53.4 Å². The van der Waals surface area contributed by atoms with Crippen molar-refractivity contribution in [1.82, 2.24) is 9.88 Å². The van der Waals surface area contributed by atoms with E-state index in [0.717, 1.165) is 0 Å². The van der Waals surface area contributed by atoms with Crippen LogP contribution in [0.4, 0.5) is 0 Å².